The number of benzene rings is 2. The van der Waals surface area contributed by atoms with Gasteiger partial charge < -0.3 is 20.7 Å². The van der Waals surface area contributed by atoms with Gasteiger partial charge in [-0.3, -0.25) is 0 Å². The molecule has 158 valence electrons. The van der Waals surface area contributed by atoms with E-state index in [4.69, 9.17) is 10.5 Å². The number of halogens is 1. The first-order valence-corrected chi connectivity index (χ1v) is 10.5. The van der Waals surface area contributed by atoms with Gasteiger partial charge in [-0.05, 0) is 41.8 Å². The number of pyridine rings is 1. The summed E-state index contributed by atoms with van der Waals surface area (Å²) in [6.45, 7) is 7.82. The van der Waals surface area contributed by atoms with Crippen LogP contribution in [0.25, 0.3) is 28.0 Å². The quantitative estimate of drug-likeness (QED) is 0.673. The minimum Gasteiger partial charge on any atom is -0.385 e. The lowest BCUT2D eigenvalue weighted by Gasteiger charge is -2.29. The molecule has 0 spiro atoms. The lowest BCUT2D eigenvalue weighted by atomic mass is 9.93. The average molecular weight is 417 g/mol. The number of nitrogens with zero attached hydrogens (tertiary/aromatic N) is 2. The summed E-state index contributed by atoms with van der Waals surface area (Å²) >= 11 is 0. The zero-order chi connectivity index (χ0) is 21.4. The number of ether oxygens (including phenoxy) is 1. The predicted molar refractivity (Wildman–Crippen MR) is 123 cm³/mol. The molecule has 31 heavy (non-hydrogen) atoms. The van der Waals surface area contributed by atoms with Crippen LogP contribution in [-0.2, 0) is 11.2 Å². The minimum absolute atomic E-state index is 0.269. The number of fused-ring (bicyclic) bond motifs is 1. The van der Waals surface area contributed by atoms with Crippen LogP contribution in [0.4, 0.5) is 15.9 Å². The number of nitrogens with two attached hydrogens (primary N) is 1. The van der Waals surface area contributed by atoms with E-state index < -0.39 is 0 Å². The van der Waals surface area contributed by atoms with Gasteiger partial charge in [0.2, 0.25) is 0 Å². The zero-order valence-corrected chi connectivity index (χ0v) is 17.3. The third kappa shape index (κ3) is 3.75. The molecule has 5 nitrogen and oxygen atoms in total. The first-order valence-electron chi connectivity index (χ1n) is 10.5. The molecule has 3 heterocycles. The van der Waals surface area contributed by atoms with Gasteiger partial charge in [-0.2, -0.15) is 0 Å². The van der Waals surface area contributed by atoms with Gasteiger partial charge in [-0.15, -0.1) is 0 Å². The van der Waals surface area contributed by atoms with Crippen molar-refractivity contribution in [2.24, 2.45) is 0 Å². The van der Waals surface area contributed by atoms with Crippen LogP contribution in [0.2, 0.25) is 0 Å². The summed E-state index contributed by atoms with van der Waals surface area (Å²) in [5.74, 6) is 0.163. The molecule has 0 saturated carbocycles. The Hall–Kier alpha value is -3.38. The highest BCUT2D eigenvalue weighted by molar-refractivity contribution is 5.81. The Morgan fingerprint density at radius 3 is 2.61 bits per heavy atom. The first kappa shape index (κ1) is 19.6. The molecule has 0 atom stereocenters. The number of hydrogen-bond donors (Lipinski definition) is 2. The van der Waals surface area contributed by atoms with Gasteiger partial charge in [0, 0.05) is 59.5 Å². The summed E-state index contributed by atoms with van der Waals surface area (Å²) in [6, 6.07) is 13.5. The van der Waals surface area contributed by atoms with Crippen molar-refractivity contribution in [3.05, 3.63) is 72.2 Å². The van der Waals surface area contributed by atoms with E-state index in [0.717, 1.165) is 54.1 Å². The number of aromatic nitrogens is 1. The highest BCUT2D eigenvalue weighted by Crippen LogP contribution is 2.34. The van der Waals surface area contributed by atoms with E-state index in [2.05, 4.69) is 33.9 Å². The second-order valence-electron chi connectivity index (χ2n) is 7.95. The van der Waals surface area contributed by atoms with Gasteiger partial charge >= 0.3 is 0 Å². The summed E-state index contributed by atoms with van der Waals surface area (Å²) in [7, 11) is 0. The van der Waals surface area contributed by atoms with E-state index in [9.17, 15) is 0 Å². The van der Waals surface area contributed by atoms with E-state index in [1.807, 2.05) is 24.3 Å². The Morgan fingerprint density at radius 2 is 1.81 bits per heavy atom. The summed E-state index contributed by atoms with van der Waals surface area (Å²) in [6.07, 6.45) is 2.56. The Labute approximate surface area is 181 Å². The van der Waals surface area contributed by atoms with Crippen LogP contribution in [-0.4, -0.2) is 37.8 Å². The van der Waals surface area contributed by atoms with Crippen LogP contribution in [0.5, 0.6) is 0 Å². The molecule has 0 unspecified atom stereocenters. The number of nitrogens with one attached hydrogen (secondary N) is 1. The molecule has 2 aliphatic rings. The molecule has 0 bridgehead atoms. The number of rotatable bonds is 3. The molecule has 5 rings (SSSR count). The second kappa shape index (κ2) is 8.04. The van der Waals surface area contributed by atoms with Gasteiger partial charge in [0.25, 0.3) is 0 Å². The number of morpholine rings is 1. The maximum atomic E-state index is 15.1. The van der Waals surface area contributed by atoms with Gasteiger partial charge in [-0.25, -0.2) is 9.37 Å². The third-order valence-electron chi connectivity index (χ3n) is 6.03. The van der Waals surface area contributed by atoms with Crippen LogP contribution < -0.4 is 16.0 Å². The van der Waals surface area contributed by atoms with Gasteiger partial charge in [0.15, 0.2) is 0 Å². The van der Waals surface area contributed by atoms with Crippen molar-refractivity contribution in [2.45, 2.75) is 6.42 Å². The van der Waals surface area contributed by atoms with E-state index in [1.165, 1.54) is 5.56 Å². The van der Waals surface area contributed by atoms with E-state index in [1.54, 1.807) is 12.3 Å². The van der Waals surface area contributed by atoms with Crippen LogP contribution in [0.3, 0.4) is 0 Å². The minimum atomic E-state index is -0.269. The van der Waals surface area contributed by atoms with Crippen LogP contribution in [0.1, 0.15) is 11.1 Å². The molecular weight excluding hydrogens is 391 g/mol. The molecule has 0 aliphatic carbocycles. The van der Waals surface area contributed by atoms with Crippen molar-refractivity contribution < 1.29 is 9.13 Å². The van der Waals surface area contributed by atoms with Crippen LogP contribution >= 0.6 is 0 Å². The van der Waals surface area contributed by atoms with Gasteiger partial charge in [0.1, 0.15) is 11.6 Å². The Balaban J connectivity index is 1.50. The molecule has 1 fully saturated rings. The molecular formula is C25H25FN4O. The van der Waals surface area contributed by atoms with Crippen molar-refractivity contribution in [1.82, 2.24) is 10.3 Å². The van der Waals surface area contributed by atoms with E-state index in [0.29, 0.717) is 30.2 Å². The molecule has 0 radical (unpaired) electrons. The smallest absolute Gasteiger partial charge is 0.133 e. The number of nitrogen functional groups attached to an aromatic ring is 1. The van der Waals surface area contributed by atoms with E-state index >= 15 is 4.39 Å². The Kier molecular flexibility index (Phi) is 5.08. The standard InChI is InChI=1S/C25H25FN4O/c1-16-21-4-2-17(12-18(21)6-7-28-16)23-13-19(15-29-25(23)27)22-5-3-20(14-24(22)26)30-8-10-31-11-9-30/h2-5,12-15,28H,1,6-11H2,(H2,27,29). The molecule has 1 aromatic heterocycles. The van der Waals surface area contributed by atoms with E-state index in [-0.39, 0.29) is 5.82 Å². The maximum Gasteiger partial charge on any atom is 0.133 e. The van der Waals surface area contributed by atoms with Gasteiger partial charge in [0.05, 0.1) is 13.2 Å². The van der Waals surface area contributed by atoms with Crippen molar-refractivity contribution in [2.75, 3.05) is 43.5 Å². The molecule has 2 aromatic carbocycles. The molecule has 2 aliphatic heterocycles. The number of hydrogen-bond acceptors (Lipinski definition) is 5. The number of anilines is 2. The summed E-state index contributed by atoms with van der Waals surface area (Å²) in [5.41, 5.74) is 13.4. The van der Waals surface area contributed by atoms with Crippen molar-refractivity contribution >= 4 is 17.2 Å². The monoisotopic (exact) mass is 416 g/mol. The summed E-state index contributed by atoms with van der Waals surface area (Å²) in [4.78, 5) is 6.50. The lowest BCUT2D eigenvalue weighted by molar-refractivity contribution is 0.122. The van der Waals surface area contributed by atoms with Crippen molar-refractivity contribution in [3.8, 4) is 22.3 Å². The maximum absolute atomic E-state index is 15.1. The molecule has 1 saturated heterocycles. The average Bonchev–Trinajstić information content (AvgIpc) is 2.80. The molecule has 3 aromatic rings. The Bertz CT molecular complexity index is 1150. The Morgan fingerprint density at radius 1 is 1.00 bits per heavy atom. The predicted octanol–water partition coefficient (Wildman–Crippen LogP) is 4.09. The zero-order valence-electron chi connectivity index (χ0n) is 17.3. The molecule has 6 heteroatoms. The lowest BCUT2D eigenvalue weighted by Crippen LogP contribution is -2.36. The summed E-state index contributed by atoms with van der Waals surface area (Å²) < 4.78 is 20.4. The second-order valence-corrected chi connectivity index (χ2v) is 7.95. The first-order chi connectivity index (χ1) is 15.1. The SMILES string of the molecule is C=C1NCCc2cc(-c3cc(-c4ccc(N5CCOCC5)cc4F)cnc3N)ccc21. The normalized spacial score (nSPS) is 16.0. The topological polar surface area (TPSA) is 63.4 Å². The molecule has 0 amide bonds. The fraction of sp³-hybridized carbons (Fsp3) is 0.240. The fourth-order valence-corrected chi connectivity index (χ4v) is 4.32. The largest absolute Gasteiger partial charge is 0.385 e. The van der Waals surface area contributed by atoms with Crippen molar-refractivity contribution in [1.29, 1.82) is 0 Å². The van der Waals surface area contributed by atoms with Crippen molar-refractivity contribution in [3.63, 3.8) is 0 Å². The highest BCUT2D eigenvalue weighted by atomic mass is 19.1. The van der Waals surface area contributed by atoms with Crippen LogP contribution in [0, 0.1) is 5.82 Å². The third-order valence-corrected chi connectivity index (χ3v) is 6.03. The summed E-state index contributed by atoms with van der Waals surface area (Å²) in [5, 5.41) is 3.29. The van der Waals surface area contributed by atoms with Crippen LogP contribution in [0.15, 0.2) is 55.2 Å². The van der Waals surface area contributed by atoms with Gasteiger partial charge in [-0.1, -0.05) is 24.8 Å². The highest BCUT2D eigenvalue weighted by Gasteiger charge is 2.17. The molecule has 3 N–H and O–H groups in total. The fourth-order valence-electron chi connectivity index (χ4n) is 4.32.